The second-order valence-corrected chi connectivity index (χ2v) is 4.30. The smallest absolute Gasteiger partial charge is 0.0184 e. The molecule has 0 heteroatoms. The molecule has 0 N–H and O–H groups in total. The molecule has 82 valence electrons. The molecule has 0 radical (unpaired) electrons. The normalized spacial score (nSPS) is 12.4. The van der Waals surface area contributed by atoms with E-state index in [4.69, 9.17) is 0 Å². The Morgan fingerprint density at radius 3 is 1.94 bits per heavy atom. The fourth-order valence-electron chi connectivity index (χ4n) is 1.87. The van der Waals surface area contributed by atoms with E-state index in [2.05, 4.69) is 68.4 Å². The molecular weight excluding hydrogens is 192 g/mol. The van der Waals surface area contributed by atoms with Crippen molar-refractivity contribution in [3.8, 4) is 11.1 Å². The van der Waals surface area contributed by atoms with Crippen LogP contribution in [0.3, 0.4) is 0 Å². The molecule has 16 heavy (non-hydrogen) atoms. The highest BCUT2D eigenvalue weighted by Gasteiger charge is 2.02. The number of benzene rings is 2. The lowest BCUT2D eigenvalue weighted by molar-refractivity contribution is 0.734. The Hall–Kier alpha value is -1.56. The Labute approximate surface area is 97.9 Å². The summed E-state index contributed by atoms with van der Waals surface area (Å²) >= 11 is 0. The first-order valence-corrected chi connectivity index (χ1v) is 5.96. The van der Waals surface area contributed by atoms with Crippen molar-refractivity contribution < 1.29 is 0 Å². The highest BCUT2D eigenvalue weighted by atomic mass is 14.1. The monoisotopic (exact) mass is 210 g/mol. The third-order valence-corrected chi connectivity index (χ3v) is 3.20. The van der Waals surface area contributed by atoms with Crippen LogP contribution in [0.4, 0.5) is 0 Å². The van der Waals surface area contributed by atoms with Crippen molar-refractivity contribution in [3.05, 3.63) is 60.2 Å². The van der Waals surface area contributed by atoms with Crippen molar-refractivity contribution in [1.82, 2.24) is 0 Å². The molecule has 2 rings (SSSR count). The van der Waals surface area contributed by atoms with Gasteiger partial charge < -0.3 is 0 Å². The minimum atomic E-state index is 0.657. The molecule has 0 saturated heterocycles. The van der Waals surface area contributed by atoms with Crippen molar-refractivity contribution >= 4 is 0 Å². The van der Waals surface area contributed by atoms with E-state index >= 15 is 0 Å². The molecule has 0 spiro atoms. The Morgan fingerprint density at radius 2 is 1.38 bits per heavy atom. The quantitative estimate of drug-likeness (QED) is 0.678. The SMILES string of the molecule is CC[C@@H](C)c1ccc(-c2ccccc2)cc1. The highest BCUT2D eigenvalue weighted by Crippen LogP contribution is 2.23. The van der Waals surface area contributed by atoms with Crippen LogP contribution in [-0.2, 0) is 0 Å². The van der Waals surface area contributed by atoms with Gasteiger partial charge in [0.2, 0.25) is 0 Å². The summed E-state index contributed by atoms with van der Waals surface area (Å²) in [5, 5.41) is 0. The van der Waals surface area contributed by atoms with Crippen molar-refractivity contribution in [1.29, 1.82) is 0 Å². The average Bonchev–Trinajstić information content (AvgIpc) is 2.39. The Morgan fingerprint density at radius 1 is 0.812 bits per heavy atom. The zero-order chi connectivity index (χ0) is 11.4. The van der Waals surface area contributed by atoms with Crippen LogP contribution in [0.1, 0.15) is 31.7 Å². The van der Waals surface area contributed by atoms with Crippen LogP contribution >= 0.6 is 0 Å². The first kappa shape index (κ1) is 10.9. The molecule has 0 heterocycles. The van der Waals surface area contributed by atoms with Crippen molar-refractivity contribution in [2.75, 3.05) is 0 Å². The number of rotatable bonds is 3. The van der Waals surface area contributed by atoms with E-state index < -0.39 is 0 Å². The van der Waals surface area contributed by atoms with Gasteiger partial charge in [-0.1, -0.05) is 68.4 Å². The van der Waals surface area contributed by atoms with Crippen LogP contribution in [0.5, 0.6) is 0 Å². The van der Waals surface area contributed by atoms with Crippen LogP contribution in [-0.4, -0.2) is 0 Å². The van der Waals surface area contributed by atoms with Gasteiger partial charge in [0, 0.05) is 0 Å². The number of hydrogen-bond acceptors (Lipinski definition) is 0. The molecule has 1 atom stereocenters. The molecule has 0 unspecified atom stereocenters. The minimum absolute atomic E-state index is 0.657. The molecule has 0 aromatic heterocycles. The van der Waals surface area contributed by atoms with Gasteiger partial charge in [-0.05, 0) is 29.0 Å². The second-order valence-electron chi connectivity index (χ2n) is 4.30. The van der Waals surface area contributed by atoms with Crippen molar-refractivity contribution in [2.24, 2.45) is 0 Å². The summed E-state index contributed by atoms with van der Waals surface area (Å²) in [5.41, 5.74) is 4.02. The summed E-state index contributed by atoms with van der Waals surface area (Å²) < 4.78 is 0. The molecule has 0 saturated carbocycles. The predicted molar refractivity (Wildman–Crippen MR) is 70.6 cm³/mol. The Bertz CT molecular complexity index is 425. The van der Waals surface area contributed by atoms with E-state index in [0.29, 0.717) is 5.92 Å². The maximum Gasteiger partial charge on any atom is -0.0184 e. The first-order chi connectivity index (χ1) is 7.81. The predicted octanol–water partition coefficient (Wildman–Crippen LogP) is 4.87. The van der Waals surface area contributed by atoms with E-state index in [-0.39, 0.29) is 0 Å². The lowest BCUT2D eigenvalue weighted by atomic mass is 9.96. The molecule has 0 aliphatic carbocycles. The molecule has 0 fully saturated rings. The van der Waals surface area contributed by atoms with Gasteiger partial charge in [-0.3, -0.25) is 0 Å². The molecule has 2 aromatic rings. The molecule has 0 amide bonds. The maximum atomic E-state index is 2.28. The van der Waals surface area contributed by atoms with Crippen molar-refractivity contribution in [2.45, 2.75) is 26.2 Å². The molecule has 0 aliphatic rings. The number of hydrogen-bond donors (Lipinski definition) is 0. The van der Waals surface area contributed by atoms with Gasteiger partial charge in [0.25, 0.3) is 0 Å². The van der Waals surface area contributed by atoms with E-state index in [1.54, 1.807) is 0 Å². The second kappa shape index (κ2) is 4.98. The van der Waals surface area contributed by atoms with Gasteiger partial charge in [0.1, 0.15) is 0 Å². The van der Waals surface area contributed by atoms with Crippen LogP contribution in [0.25, 0.3) is 11.1 Å². The van der Waals surface area contributed by atoms with Crippen molar-refractivity contribution in [3.63, 3.8) is 0 Å². The Balaban J connectivity index is 2.26. The summed E-state index contributed by atoms with van der Waals surface area (Å²) in [4.78, 5) is 0. The Kier molecular flexibility index (Phi) is 3.40. The van der Waals surface area contributed by atoms with E-state index in [1.165, 1.54) is 23.1 Å². The molecule has 2 aromatic carbocycles. The summed E-state index contributed by atoms with van der Waals surface area (Å²) in [5.74, 6) is 0.657. The van der Waals surface area contributed by atoms with Crippen LogP contribution < -0.4 is 0 Å². The first-order valence-electron chi connectivity index (χ1n) is 5.96. The maximum absolute atomic E-state index is 2.28. The standard InChI is InChI=1S/C16H18/c1-3-13(2)14-9-11-16(12-10-14)15-7-5-4-6-8-15/h4-13H,3H2,1-2H3/t13-/m1/s1. The van der Waals surface area contributed by atoms with Gasteiger partial charge in [-0.25, -0.2) is 0 Å². The van der Waals surface area contributed by atoms with Crippen LogP contribution in [0.2, 0.25) is 0 Å². The third-order valence-electron chi connectivity index (χ3n) is 3.20. The van der Waals surface area contributed by atoms with Crippen LogP contribution in [0.15, 0.2) is 54.6 Å². The highest BCUT2D eigenvalue weighted by molar-refractivity contribution is 5.63. The summed E-state index contributed by atoms with van der Waals surface area (Å²) in [6.45, 7) is 4.51. The summed E-state index contributed by atoms with van der Waals surface area (Å²) in [6, 6.07) is 19.4. The van der Waals surface area contributed by atoms with E-state index in [9.17, 15) is 0 Å². The summed E-state index contributed by atoms with van der Waals surface area (Å²) in [7, 11) is 0. The van der Waals surface area contributed by atoms with Gasteiger partial charge in [-0.15, -0.1) is 0 Å². The third kappa shape index (κ3) is 2.33. The lowest BCUT2D eigenvalue weighted by Gasteiger charge is -2.09. The van der Waals surface area contributed by atoms with Gasteiger partial charge in [-0.2, -0.15) is 0 Å². The molecular formula is C16H18. The zero-order valence-corrected chi connectivity index (χ0v) is 9.98. The van der Waals surface area contributed by atoms with Gasteiger partial charge in [0.05, 0.1) is 0 Å². The summed E-state index contributed by atoms with van der Waals surface area (Å²) in [6.07, 6.45) is 1.20. The average molecular weight is 210 g/mol. The fourth-order valence-corrected chi connectivity index (χ4v) is 1.87. The zero-order valence-electron chi connectivity index (χ0n) is 9.98. The largest absolute Gasteiger partial charge is 0.0648 e. The molecule has 0 aliphatic heterocycles. The topological polar surface area (TPSA) is 0 Å². The minimum Gasteiger partial charge on any atom is -0.0648 e. The van der Waals surface area contributed by atoms with Gasteiger partial charge >= 0.3 is 0 Å². The molecule has 0 bridgehead atoms. The molecule has 0 nitrogen and oxygen atoms in total. The van der Waals surface area contributed by atoms with E-state index in [1.807, 2.05) is 0 Å². The van der Waals surface area contributed by atoms with E-state index in [0.717, 1.165) is 0 Å². The van der Waals surface area contributed by atoms with Gasteiger partial charge in [0.15, 0.2) is 0 Å². The van der Waals surface area contributed by atoms with Crippen LogP contribution in [0, 0.1) is 0 Å². The fraction of sp³-hybridized carbons (Fsp3) is 0.250. The lowest BCUT2D eigenvalue weighted by Crippen LogP contribution is -1.90.